The maximum absolute atomic E-state index is 14.9. The predicted octanol–water partition coefficient (Wildman–Crippen LogP) is 6.68. The van der Waals surface area contributed by atoms with Crippen molar-refractivity contribution >= 4 is 33.8 Å². The van der Waals surface area contributed by atoms with Crippen LogP contribution in [-0.4, -0.2) is 9.55 Å². The quantitative estimate of drug-likeness (QED) is 0.368. The van der Waals surface area contributed by atoms with Gasteiger partial charge in [-0.25, -0.2) is 9.37 Å². The topological polar surface area (TPSA) is 27.1 Å². The number of hydrogen-bond donors (Lipinski definition) is 0. The minimum Gasteiger partial charge on any atom is -0.464 e. The summed E-state index contributed by atoms with van der Waals surface area (Å²) in [5, 5.41) is 2.79. The lowest BCUT2D eigenvalue weighted by molar-refractivity contribution is 0.175. The van der Waals surface area contributed by atoms with Gasteiger partial charge < -0.3 is 4.74 Å². The van der Waals surface area contributed by atoms with Crippen LogP contribution in [0.1, 0.15) is 40.4 Å². The fourth-order valence-electron chi connectivity index (χ4n) is 4.00. The second-order valence-corrected chi connectivity index (χ2v) is 9.10. The van der Waals surface area contributed by atoms with E-state index in [0.29, 0.717) is 22.3 Å². The lowest BCUT2D eigenvalue weighted by Gasteiger charge is -2.29. The van der Waals surface area contributed by atoms with Crippen molar-refractivity contribution in [3.63, 3.8) is 0 Å². The molecule has 1 fully saturated rings. The van der Waals surface area contributed by atoms with Gasteiger partial charge in [0.15, 0.2) is 0 Å². The minimum atomic E-state index is -0.368. The number of thiazole rings is 1. The number of halogens is 2. The van der Waals surface area contributed by atoms with Gasteiger partial charge in [0.1, 0.15) is 11.6 Å². The summed E-state index contributed by atoms with van der Waals surface area (Å²) in [5.74, 6) is 0.894. The van der Waals surface area contributed by atoms with Gasteiger partial charge in [-0.3, -0.25) is 4.57 Å². The SMILES string of the molecule is Cc1cc(F)c2c(c1)OC(c1cnc(C3CC3)s1)n1c-2cc2cc(Cl)ccc21. The van der Waals surface area contributed by atoms with Crippen LogP contribution in [0.4, 0.5) is 4.39 Å². The van der Waals surface area contributed by atoms with Crippen molar-refractivity contribution in [2.75, 3.05) is 0 Å². The summed E-state index contributed by atoms with van der Waals surface area (Å²) in [6.45, 7) is 1.88. The van der Waals surface area contributed by atoms with Gasteiger partial charge in [0.25, 0.3) is 0 Å². The molecule has 0 bridgehead atoms. The van der Waals surface area contributed by atoms with Crippen LogP contribution in [0.3, 0.4) is 0 Å². The molecule has 1 atom stereocenters. The molecular weight excluding hydrogens is 395 g/mol. The molecule has 1 aliphatic heterocycles. The number of ether oxygens (including phenoxy) is 1. The molecule has 0 amide bonds. The molecule has 2 aliphatic rings. The highest BCUT2D eigenvalue weighted by Crippen LogP contribution is 2.48. The van der Waals surface area contributed by atoms with Crippen molar-refractivity contribution < 1.29 is 9.13 Å². The lowest BCUT2D eigenvalue weighted by atomic mass is 10.1. The van der Waals surface area contributed by atoms with E-state index in [1.54, 1.807) is 17.4 Å². The van der Waals surface area contributed by atoms with Crippen LogP contribution in [0.15, 0.2) is 42.6 Å². The molecule has 0 saturated heterocycles. The van der Waals surface area contributed by atoms with Gasteiger partial charge in [0, 0.05) is 22.5 Å². The Morgan fingerprint density at radius 3 is 2.89 bits per heavy atom. The molecule has 140 valence electrons. The normalized spacial score (nSPS) is 18.0. The number of aromatic nitrogens is 2. The third kappa shape index (κ3) is 2.43. The fourth-order valence-corrected chi connectivity index (χ4v) is 5.29. The monoisotopic (exact) mass is 410 g/mol. The summed E-state index contributed by atoms with van der Waals surface area (Å²) >= 11 is 7.91. The van der Waals surface area contributed by atoms with Gasteiger partial charge >= 0.3 is 0 Å². The third-order valence-corrected chi connectivity index (χ3v) is 6.87. The summed E-state index contributed by atoms with van der Waals surface area (Å²) in [6.07, 6.45) is 3.96. The van der Waals surface area contributed by atoms with E-state index in [9.17, 15) is 4.39 Å². The van der Waals surface area contributed by atoms with Crippen molar-refractivity contribution in [2.45, 2.75) is 31.9 Å². The Morgan fingerprint density at radius 2 is 2.07 bits per heavy atom. The molecule has 2 aromatic carbocycles. The summed E-state index contributed by atoms with van der Waals surface area (Å²) in [5.41, 5.74) is 3.12. The van der Waals surface area contributed by atoms with E-state index in [1.165, 1.54) is 17.8 Å². The highest BCUT2D eigenvalue weighted by Gasteiger charge is 2.34. The average molecular weight is 411 g/mol. The van der Waals surface area contributed by atoms with Gasteiger partial charge in [-0.15, -0.1) is 11.3 Å². The second kappa shape index (κ2) is 5.82. The van der Waals surface area contributed by atoms with Crippen molar-refractivity contribution in [2.24, 2.45) is 0 Å². The first-order valence-corrected chi connectivity index (χ1v) is 10.5. The Morgan fingerprint density at radius 1 is 1.21 bits per heavy atom. The Kier molecular flexibility index (Phi) is 3.44. The van der Waals surface area contributed by atoms with Crippen LogP contribution in [-0.2, 0) is 0 Å². The van der Waals surface area contributed by atoms with Gasteiger partial charge in [-0.05, 0) is 61.7 Å². The molecule has 4 aromatic rings. The smallest absolute Gasteiger partial charge is 0.213 e. The average Bonchev–Trinajstić information content (AvgIpc) is 3.26. The van der Waals surface area contributed by atoms with E-state index < -0.39 is 0 Å². The number of nitrogens with zero attached hydrogens (tertiary/aromatic N) is 2. The van der Waals surface area contributed by atoms with E-state index in [2.05, 4.69) is 9.55 Å². The standard InChI is InChI=1S/C22H16ClFN2OS/c1-11-6-15(24)20-17-9-13-8-14(23)4-5-16(13)26(17)22(27-18(20)7-11)19-10-25-21(28-19)12-2-3-12/h4-10,12,22H,2-3H2,1H3. The number of rotatable bonds is 2. The van der Waals surface area contributed by atoms with E-state index in [1.807, 2.05) is 43.5 Å². The van der Waals surface area contributed by atoms with E-state index >= 15 is 0 Å². The molecule has 6 rings (SSSR count). The van der Waals surface area contributed by atoms with Crippen LogP contribution >= 0.6 is 22.9 Å². The first kappa shape index (κ1) is 16.6. The highest BCUT2D eigenvalue weighted by molar-refractivity contribution is 7.11. The van der Waals surface area contributed by atoms with Crippen LogP contribution in [0, 0.1) is 12.7 Å². The second-order valence-electron chi connectivity index (χ2n) is 7.57. The van der Waals surface area contributed by atoms with E-state index in [4.69, 9.17) is 16.3 Å². The Bertz CT molecular complexity index is 1260. The predicted molar refractivity (Wildman–Crippen MR) is 110 cm³/mol. The van der Waals surface area contributed by atoms with Crippen molar-refractivity contribution in [3.05, 3.63) is 68.9 Å². The number of aryl methyl sites for hydroxylation is 1. The van der Waals surface area contributed by atoms with Crippen molar-refractivity contribution in [1.82, 2.24) is 9.55 Å². The van der Waals surface area contributed by atoms with E-state index in [0.717, 1.165) is 27.0 Å². The van der Waals surface area contributed by atoms with Crippen molar-refractivity contribution in [1.29, 1.82) is 0 Å². The van der Waals surface area contributed by atoms with Crippen LogP contribution in [0.5, 0.6) is 5.75 Å². The Hall–Kier alpha value is -2.37. The van der Waals surface area contributed by atoms with Gasteiger partial charge in [0.05, 0.1) is 26.7 Å². The molecule has 2 aromatic heterocycles. The Labute approximate surface area is 170 Å². The first-order valence-electron chi connectivity index (χ1n) is 9.32. The zero-order chi connectivity index (χ0) is 19.0. The van der Waals surface area contributed by atoms with Crippen molar-refractivity contribution in [3.8, 4) is 17.0 Å². The molecule has 6 heteroatoms. The molecule has 0 N–H and O–H groups in total. The van der Waals surface area contributed by atoms with Gasteiger partial charge in [-0.1, -0.05) is 11.6 Å². The van der Waals surface area contributed by atoms with Gasteiger partial charge in [-0.2, -0.15) is 0 Å². The lowest BCUT2D eigenvalue weighted by Crippen LogP contribution is -2.22. The maximum Gasteiger partial charge on any atom is 0.213 e. The number of hydrogen-bond acceptors (Lipinski definition) is 3. The molecule has 0 spiro atoms. The summed E-state index contributed by atoms with van der Waals surface area (Å²) in [6, 6.07) is 11.2. The molecule has 3 heterocycles. The first-order chi connectivity index (χ1) is 13.6. The molecule has 28 heavy (non-hydrogen) atoms. The van der Waals surface area contributed by atoms with E-state index in [-0.39, 0.29) is 12.0 Å². The van der Waals surface area contributed by atoms with Crippen LogP contribution in [0.2, 0.25) is 5.02 Å². The summed E-state index contributed by atoms with van der Waals surface area (Å²) < 4.78 is 23.4. The fraction of sp³-hybridized carbons (Fsp3) is 0.227. The molecule has 3 nitrogen and oxygen atoms in total. The minimum absolute atomic E-state index is 0.272. The highest BCUT2D eigenvalue weighted by atomic mass is 35.5. The third-order valence-electron chi connectivity index (χ3n) is 5.44. The largest absolute Gasteiger partial charge is 0.464 e. The molecule has 1 aliphatic carbocycles. The number of fused-ring (bicyclic) bond motifs is 5. The number of benzene rings is 2. The summed E-state index contributed by atoms with van der Waals surface area (Å²) in [7, 11) is 0. The maximum atomic E-state index is 14.9. The zero-order valence-corrected chi connectivity index (χ0v) is 16.6. The van der Waals surface area contributed by atoms with Gasteiger partial charge in [0.2, 0.25) is 6.23 Å². The molecule has 1 unspecified atom stereocenters. The molecule has 1 saturated carbocycles. The Balaban J connectivity index is 1.62. The summed E-state index contributed by atoms with van der Waals surface area (Å²) in [4.78, 5) is 5.66. The van der Waals surface area contributed by atoms with Crippen LogP contribution < -0.4 is 4.74 Å². The van der Waals surface area contributed by atoms with Crippen LogP contribution in [0.25, 0.3) is 22.2 Å². The zero-order valence-electron chi connectivity index (χ0n) is 15.1. The molecule has 0 radical (unpaired) electrons. The molecular formula is C22H16ClFN2OS.